The van der Waals surface area contributed by atoms with Gasteiger partial charge < -0.3 is 10.0 Å². The molecule has 104 valence electrons. The van der Waals surface area contributed by atoms with Crippen LogP contribution in [0.1, 0.15) is 36.8 Å². The fraction of sp³-hybridized carbons (Fsp3) is 0.562. The number of benzene rings is 1. The van der Waals surface area contributed by atoms with Crippen molar-refractivity contribution >= 4 is 5.91 Å². The summed E-state index contributed by atoms with van der Waals surface area (Å²) >= 11 is 0. The fourth-order valence-electron chi connectivity index (χ4n) is 2.74. The van der Waals surface area contributed by atoms with E-state index < -0.39 is 5.60 Å². The third-order valence-electron chi connectivity index (χ3n) is 3.97. The van der Waals surface area contributed by atoms with Crippen LogP contribution in [0.15, 0.2) is 24.3 Å². The molecule has 0 aliphatic heterocycles. The smallest absolute Gasteiger partial charge is 0.226 e. The Morgan fingerprint density at radius 1 is 1.26 bits per heavy atom. The highest BCUT2D eigenvalue weighted by Crippen LogP contribution is 2.30. The van der Waals surface area contributed by atoms with E-state index in [1.54, 1.807) is 11.9 Å². The molecule has 0 spiro atoms. The van der Waals surface area contributed by atoms with Crippen molar-refractivity contribution in [2.45, 2.75) is 44.6 Å². The molecule has 1 aromatic rings. The topological polar surface area (TPSA) is 40.5 Å². The van der Waals surface area contributed by atoms with Crippen LogP contribution in [-0.4, -0.2) is 35.1 Å². The molecular weight excluding hydrogens is 238 g/mol. The van der Waals surface area contributed by atoms with Gasteiger partial charge in [0.2, 0.25) is 5.91 Å². The van der Waals surface area contributed by atoms with Gasteiger partial charge in [0.15, 0.2) is 0 Å². The zero-order valence-electron chi connectivity index (χ0n) is 11.9. The molecule has 0 saturated heterocycles. The van der Waals surface area contributed by atoms with Crippen molar-refractivity contribution in [1.29, 1.82) is 0 Å². The second-order valence-corrected chi connectivity index (χ2v) is 5.84. The van der Waals surface area contributed by atoms with Crippen molar-refractivity contribution in [1.82, 2.24) is 4.90 Å². The second kappa shape index (κ2) is 5.74. The maximum absolute atomic E-state index is 12.1. The number of likely N-dealkylation sites (N-methyl/N-ethyl adjacent to an activating group) is 1. The average molecular weight is 261 g/mol. The lowest BCUT2D eigenvalue weighted by Gasteiger charge is -2.28. The fourth-order valence-corrected chi connectivity index (χ4v) is 2.74. The van der Waals surface area contributed by atoms with Crippen LogP contribution in [0.4, 0.5) is 0 Å². The van der Waals surface area contributed by atoms with Gasteiger partial charge >= 0.3 is 0 Å². The summed E-state index contributed by atoms with van der Waals surface area (Å²) in [7, 11) is 1.78. The van der Waals surface area contributed by atoms with Gasteiger partial charge in [-0.25, -0.2) is 0 Å². The summed E-state index contributed by atoms with van der Waals surface area (Å²) in [4.78, 5) is 13.8. The number of carbonyl (C=O) groups excluding carboxylic acids is 1. The molecule has 0 atom stereocenters. The van der Waals surface area contributed by atoms with Crippen LogP contribution in [0.2, 0.25) is 0 Å². The normalized spacial score (nSPS) is 17.4. The van der Waals surface area contributed by atoms with Crippen molar-refractivity contribution in [3.8, 4) is 0 Å². The predicted octanol–water partition coefficient (Wildman–Crippen LogP) is 2.30. The van der Waals surface area contributed by atoms with Crippen molar-refractivity contribution in [2.24, 2.45) is 0 Å². The van der Waals surface area contributed by atoms with E-state index in [1.807, 2.05) is 31.2 Å². The number of carbonyl (C=O) groups is 1. The summed E-state index contributed by atoms with van der Waals surface area (Å²) in [6.45, 7) is 2.49. The maximum atomic E-state index is 12.1. The number of amides is 1. The molecule has 2 rings (SSSR count). The van der Waals surface area contributed by atoms with Crippen LogP contribution in [0.3, 0.4) is 0 Å². The molecule has 1 N–H and O–H groups in total. The molecule has 3 heteroatoms. The number of hydrogen-bond donors (Lipinski definition) is 1. The largest absolute Gasteiger partial charge is 0.388 e. The SMILES string of the molecule is Cc1ccc(CC(=O)N(C)CC2(O)CCCC2)cc1. The first kappa shape index (κ1) is 14.1. The zero-order chi connectivity index (χ0) is 13.9. The summed E-state index contributed by atoms with van der Waals surface area (Å²) in [5.74, 6) is 0.0733. The molecule has 19 heavy (non-hydrogen) atoms. The van der Waals surface area contributed by atoms with Crippen LogP contribution in [-0.2, 0) is 11.2 Å². The van der Waals surface area contributed by atoms with Gasteiger partial charge in [0.25, 0.3) is 0 Å². The Labute approximate surface area is 115 Å². The molecule has 3 nitrogen and oxygen atoms in total. The van der Waals surface area contributed by atoms with Gasteiger partial charge in [-0.05, 0) is 25.3 Å². The zero-order valence-corrected chi connectivity index (χ0v) is 11.9. The van der Waals surface area contributed by atoms with Crippen molar-refractivity contribution in [3.63, 3.8) is 0 Å². The van der Waals surface area contributed by atoms with Gasteiger partial charge in [0.1, 0.15) is 0 Å². The summed E-state index contributed by atoms with van der Waals surface area (Å²) in [6.07, 6.45) is 4.17. The Bertz CT molecular complexity index is 433. The Kier molecular flexibility index (Phi) is 4.25. The maximum Gasteiger partial charge on any atom is 0.226 e. The molecular formula is C16H23NO2. The van der Waals surface area contributed by atoms with Crippen LogP contribution >= 0.6 is 0 Å². The van der Waals surface area contributed by atoms with Gasteiger partial charge in [0, 0.05) is 13.6 Å². The second-order valence-electron chi connectivity index (χ2n) is 5.84. The van der Waals surface area contributed by atoms with E-state index in [2.05, 4.69) is 0 Å². The standard InChI is InChI=1S/C16H23NO2/c1-13-5-7-14(8-6-13)11-15(18)17(2)12-16(19)9-3-4-10-16/h5-8,19H,3-4,9-12H2,1-2H3. The third kappa shape index (κ3) is 3.80. The van der Waals surface area contributed by atoms with E-state index in [-0.39, 0.29) is 5.91 Å². The van der Waals surface area contributed by atoms with E-state index in [9.17, 15) is 9.90 Å². The summed E-state index contributed by atoms with van der Waals surface area (Å²) in [5.41, 5.74) is 1.57. The van der Waals surface area contributed by atoms with Crippen LogP contribution in [0, 0.1) is 6.92 Å². The Balaban J connectivity index is 1.90. The molecule has 0 radical (unpaired) electrons. The van der Waals surface area contributed by atoms with Crippen LogP contribution < -0.4 is 0 Å². The van der Waals surface area contributed by atoms with Crippen LogP contribution in [0.5, 0.6) is 0 Å². The quantitative estimate of drug-likeness (QED) is 0.903. The number of nitrogens with zero attached hydrogens (tertiary/aromatic N) is 1. The van der Waals surface area contributed by atoms with Crippen molar-refractivity contribution in [2.75, 3.05) is 13.6 Å². The first-order valence-corrected chi connectivity index (χ1v) is 7.00. The molecule has 1 aromatic carbocycles. The Morgan fingerprint density at radius 3 is 2.42 bits per heavy atom. The number of aryl methyl sites for hydroxylation is 1. The van der Waals surface area contributed by atoms with Gasteiger partial charge in [-0.2, -0.15) is 0 Å². The molecule has 1 aliphatic carbocycles. The molecule has 1 fully saturated rings. The van der Waals surface area contributed by atoms with E-state index in [0.717, 1.165) is 31.2 Å². The lowest BCUT2D eigenvalue weighted by atomic mass is 10.0. The van der Waals surface area contributed by atoms with Crippen molar-refractivity contribution < 1.29 is 9.90 Å². The minimum atomic E-state index is -0.655. The van der Waals surface area contributed by atoms with Gasteiger partial charge in [-0.1, -0.05) is 42.7 Å². The summed E-state index contributed by atoms with van der Waals surface area (Å²) < 4.78 is 0. The highest BCUT2D eigenvalue weighted by Gasteiger charge is 2.33. The summed E-state index contributed by atoms with van der Waals surface area (Å²) in [6, 6.07) is 8.02. The van der Waals surface area contributed by atoms with Crippen molar-refractivity contribution in [3.05, 3.63) is 35.4 Å². The third-order valence-corrected chi connectivity index (χ3v) is 3.97. The predicted molar refractivity (Wildman–Crippen MR) is 75.9 cm³/mol. The van der Waals surface area contributed by atoms with E-state index in [0.29, 0.717) is 13.0 Å². The highest BCUT2D eigenvalue weighted by atomic mass is 16.3. The van der Waals surface area contributed by atoms with E-state index in [4.69, 9.17) is 0 Å². The first-order chi connectivity index (χ1) is 8.98. The molecule has 0 aromatic heterocycles. The minimum absolute atomic E-state index is 0.0733. The molecule has 0 bridgehead atoms. The molecule has 1 amide bonds. The number of hydrogen-bond acceptors (Lipinski definition) is 2. The highest BCUT2D eigenvalue weighted by molar-refractivity contribution is 5.78. The minimum Gasteiger partial charge on any atom is -0.388 e. The number of rotatable bonds is 4. The molecule has 1 saturated carbocycles. The van der Waals surface area contributed by atoms with Gasteiger partial charge in [0.05, 0.1) is 12.0 Å². The summed E-state index contributed by atoms with van der Waals surface area (Å²) in [5, 5.41) is 10.3. The van der Waals surface area contributed by atoms with E-state index >= 15 is 0 Å². The average Bonchev–Trinajstić information content (AvgIpc) is 2.78. The van der Waals surface area contributed by atoms with Crippen LogP contribution in [0.25, 0.3) is 0 Å². The van der Waals surface area contributed by atoms with Gasteiger partial charge in [-0.15, -0.1) is 0 Å². The lowest BCUT2D eigenvalue weighted by Crippen LogP contribution is -2.42. The molecule has 0 heterocycles. The Morgan fingerprint density at radius 2 is 1.84 bits per heavy atom. The Hall–Kier alpha value is -1.35. The van der Waals surface area contributed by atoms with E-state index in [1.165, 1.54) is 5.56 Å². The van der Waals surface area contributed by atoms with Gasteiger partial charge in [-0.3, -0.25) is 4.79 Å². The lowest BCUT2D eigenvalue weighted by molar-refractivity contribution is -0.132. The number of aliphatic hydroxyl groups is 1. The molecule has 1 aliphatic rings. The molecule has 0 unspecified atom stereocenters. The first-order valence-electron chi connectivity index (χ1n) is 7.00. The monoisotopic (exact) mass is 261 g/mol.